The van der Waals surface area contributed by atoms with Crippen LogP contribution in [0.3, 0.4) is 0 Å². The van der Waals surface area contributed by atoms with Crippen molar-refractivity contribution in [2.24, 2.45) is 11.1 Å². The van der Waals surface area contributed by atoms with Crippen LogP contribution in [-0.4, -0.2) is 24.2 Å². The predicted molar refractivity (Wildman–Crippen MR) is 39.5 cm³/mol. The Labute approximate surface area is 65.4 Å². The Balaban J connectivity index is 3.83. The maximum atomic E-state index is 11.9. The van der Waals surface area contributed by atoms with Gasteiger partial charge in [0, 0.05) is 6.61 Å². The van der Waals surface area contributed by atoms with E-state index >= 15 is 0 Å². The number of hydrogen-bond donors (Lipinski definition) is 2. The second-order valence-corrected chi connectivity index (χ2v) is 3.52. The van der Waals surface area contributed by atoms with Crippen LogP contribution >= 0.6 is 0 Å². The molecule has 0 aliphatic carbocycles. The van der Waals surface area contributed by atoms with Crippen LogP contribution in [0.15, 0.2) is 0 Å². The normalized spacial score (nSPS) is 15.5. The molecule has 0 heterocycles. The Bertz CT molecular complexity index is 117. The van der Waals surface area contributed by atoms with Crippen molar-refractivity contribution in [2.75, 3.05) is 6.61 Å². The van der Waals surface area contributed by atoms with E-state index in [9.17, 15) is 8.78 Å². The van der Waals surface area contributed by atoms with Gasteiger partial charge in [-0.25, -0.2) is 8.78 Å². The number of nitrogens with two attached hydrogens (primary N) is 1. The summed E-state index contributed by atoms with van der Waals surface area (Å²) < 4.78 is 23.8. The van der Waals surface area contributed by atoms with Gasteiger partial charge in [0.15, 0.2) is 0 Å². The summed E-state index contributed by atoms with van der Waals surface area (Å²) in [5, 5.41) is 8.72. The van der Waals surface area contributed by atoms with Crippen LogP contribution in [0.25, 0.3) is 0 Å². The Morgan fingerprint density at radius 3 is 2.18 bits per heavy atom. The summed E-state index contributed by atoms with van der Waals surface area (Å²) >= 11 is 0. The summed E-state index contributed by atoms with van der Waals surface area (Å²) in [6.07, 6.45) is -2.36. The summed E-state index contributed by atoms with van der Waals surface area (Å²) in [5.41, 5.74) is 4.61. The van der Waals surface area contributed by atoms with Crippen LogP contribution < -0.4 is 5.73 Å². The first-order valence-electron chi connectivity index (χ1n) is 3.53. The summed E-state index contributed by atoms with van der Waals surface area (Å²) in [6.45, 7) is 3.29. The molecule has 1 unspecified atom stereocenters. The van der Waals surface area contributed by atoms with E-state index in [2.05, 4.69) is 0 Å². The molecule has 0 fully saturated rings. The minimum absolute atomic E-state index is 0.118. The first-order valence-corrected chi connectivity index (χ1v) is 3.53. The lowest BCUT2D eigenvalue weighted by molar-refractivity contribution is 0.0712. The van der Waals surface area contributed by atoms with Gasteiger partial charge in [0.25, 0.3) is 6.43 Å². The van der Waals surface area contributed by atoms with Crippen molar-refractivity contribution in [3.05, 3.63) is 0 Å². The highest BCUT2D eigenvalue weighted by Crippen LogP contribution is 2.22. The number of halogens is 2. The molecule has 0 aromatic heterocycles. The minimum Gasteiger partial charge on any atom is -0.396 e. The van der Waals surface area contributed by atoms with Gasteiger partial charge in [0.1, 0.15) is 0 Å². The van der Waals surface area contributed by atoms with E-state index in [-0.39, 0.29) is 13.0 Å². The fourth-order valence-electron chi connectivity index (χ4n) is 0.792. The van der Waals surface area contributed by atoms with Crippen LogP contribution in [-0.2, 0) is 0 Å². The number of rotatable bonds is 4. The monoisotopic (exact) mass is 167 g/mol. The van der Waals surface area contributed by atoms with Crippen LogP contribution in [0.2, 0.25) is 0 Å². The molecule has 3 N–H and O–H groups in total. The summed E-state index contributed by atoms with van der Waals surface area (Å²) in [6, 6.07) is -1.13. The summed E-state index contributed by atoms with van der Waals surface area (Å²) in [4.78, 5) is 0. The molecule has 0 saturated carbocycles. The molecule has 0 aliphatic heterocycles. The molecule has 0 aliphatic rings. The van der Waals surface area contributed by atoms with Gasteiger partial charge in [0.05, 0.1) is 6.04 Å². The average molecular weight is 167 g/mol. The van der Waals surface area contributed by atoms with Gasteiger partial charge in [0.2, 0.25) is 0 Å². The van der Waals surface area contributed by atoms with Gasteiger partial charge in [-0.3, -0.25) is 0 Å². The van der Waals surface area contributed by atoms with E-state index in [0.717, 1.165) is 0 Å². The lowest BCUT2D eigenvalue weighted by atomic mass is 9.87. The Hall–Kier alpha value is -0.220. The molecule has 0 rings (SSSR count). The summed E-state index contributed by atoms with van der Waals surface area (Å²) in [7, 11) is 0. The molecule has 0 aromatic carbocycles. The zero-order valence-corrected chi connectivity index (χ0v) is 6.85. The maximum Gasteiger partial charge on any atom is 0.253 e. The van der Waals surface area contributed by atoms with Gasteiger partial charge in [-0.15, -0.1) is 0 Å². The second-order valence-electron chi connectivity index (χ2n) is 3.52. The number of aliphatic hydroxyl groups excluding tert-OH is 1. The molecule has 11 heavy (non-hydrogen) atoms. The molecular formula is C7H15F2NO. The maximum absolute atomic E-state index is 11.9. The average Bonchev–Trinajstić information content (AvgIpc) is 1.87. The molecule has 68 valence electrons. The third-order valence-corrected chi connectivity index (χ3v) is 1.54. The molecule has 0 aromatic rings. The van der Waals surface area contributed by atoms with E-state index in [1.165, 1.54) is 0 Å². The van der Waals surface area contributed by atoms with E-state index in [1.807, 2.05) is 0 Å². The highest BCUT2D eigenvalue weighted by atomic mass is 19.3. The van der Waals surface area contributed by atoms with Crippen molar-refractivity contribution in [1.82, 2.24) is 0 Å². The Morgan fingerprint density at radius 2 is 1.91 bits per heavy atom. The van der Waals surface area contributed by atoms with Gasteiger partial charge >= 0.3 is 0 Å². The molecule has 1 atom stereocenters. The second kappa shape index (κ2) is 3.97. The van der Waals surface area contributed by atoms with Gasteiger partial charge in [-0.2, -0.15) is 0 Å². The van der Waals surface area contributed by atoms with Crippen LogP contribution in [0, 0.1) is 5.41 Å². The van der Waals surface area contributed by atoms with E-state index in [4.69, 9.17) is 10.8 Å². The lowest BCUT2D eigenvalue weighted by Crippen LogP contribution is -2.35. The fraction of sp³-hybridized carbons (Fsp3) is 1.00. The van der Waals surface area contributed by atoms with Crippen molar-refractivity contribution in [3.63, 3.8) is 0 Å². The van der Waals surface area contributed by atoms with Crippen molar-refractivity contribution < 1.29 is 13.9 Å². The smallest absolute Gasteiger partial charge is 0.253 e. The van der Waals surface area contributed by atoms with Gasteiger partial charge in [-0.05, 0) is 11.8 Å². The third kappa shape index (κ3) is 4.27. The number of hydrogen-bond acceptors (Lipinski definition) is 2. The zero-order chi connectivity index (χ0) is 9.07. The molecule has 4 heteroatoms. The van der Waals surface area contributed by atoms with Crippen LogP contribution in [0.1, 0.15) is 20.3 Å². The Morgan fingerprint density at radius 1 is 1.45 bits per heavy atom. The molecule has 0 saturated heterocycles. The fourth-order valence-corrected chi connectivity index (χ4v) is 0.792. The highest BCUT2D eigenvalue weighted by molar-refractivity contribution is 4.75. The lowest BCUT2D eigenvalue weighted by Gasteiger charge is -2.24. The van der Waals surface area contributed by atoms with Gasteiger partial charge < -0.3 is 10.8 Å². The van der Waals surface area contributed by atoms with Crippen molar-refractivity contribution in [3.8, 4) is 0 Å². The molecule has 0 spiro atoms. The van der Waals surface area contributed by atoms with Crippen molar-refractivity contribution in [2.45, 2.75) is 32.7 Å². The molecule has 0 radical (unpaired) electrons. The Kier molecular flexibility index (Phi) is 3.89. The zero-order valence-electron chi connectivity index (χ0n) is 6.85. The molecular weight excluding hydrogens is 152 g/mol. The van der Waals surface area contributed by atoms with Crippen molar-refractivity contribution in [1.29, 1.82) is 0 Å². The minimum atomic E-state index is -2.50. The van der Waals surface area contributed by atoms with Crippen LogP contribution in [0.4, 0.5) is 8.78 Å². The largest absolute Gasteiger partial charge is 0.396 e. The van der Waals surface area contributed by atoms with E-state index in [0.29, 0.717) is 0 Å². The number of alkyl halides is 2. The molecule has 2 nitrogen and oxygen atoms in total. The highest BCUT2D eigenvalue weighted by Gasteiger charge is 2.25. The van der Waals surface area contributed by atoms with Gasteiger partial charge in [-0.1, -0.05) is 13.8 Å². The molecule has 0 amide bonds. The third-order valence-electron chi connectivity index (χ3n) is 1.54. The first-order chi connectivity index (χ1) is 4.89. The standard InChI is InChI=1S/C7H15F2NO/c1-7(2,4-11)3-5(10)6(8)9/h5-6,11H,3-4,10H2,1-2H3. The number of aliphatic hydroxyl groups is 1. The van der Waals surface area contributed by atoms with Crippen molar-refractivity contribution >= 4 is 0 Å². The first kappa shape index (κ1) is 10.8. The summed E-state index contributed by atoms with van der Waals surface area (Å²) in [5.74, 6) is 0. The van der Waals surface area contributed by atoms with E-state index < -0.39 is 17.9 Å². The quantitative estimate of drug-likeness (QED) is 0.655. The topological polar surface area (TPSA) is 46.2 Å². The predicted octanol–water partition coefficient (Wildman–Crippen LogP) is 0.987. The van der Waals surface area contributed by atoms with Crippen LogP contribution in [0.5, 0.6) is 0 Å². The molecule has 0 bridgehead atoms. The van der Waals surface area contributed by atoms with E-state index in [1.54, 1.807) is 13.8 Å². The SMILES string of the molecule is CC(C)(CO)CC(N)C(F)F.